The van der Waals surface area contributed by atoms with Crippen LogP contribution in [-0.4, -0.2) is 43.6 Å². The molecule has 1 aliphatic heterocycles. The van der Waals surface area contributed by atoms with E-state index in [-0.39, 0.29) is 17.9 Å². The number of amides is 1. The first kappa shape index (κ1) is 14.7. The first-order chi connectivity index (χ1) is 10.6. The lowest BCUT2D eigenvalue weighted by atomic mass is 10.1. The minimum Gasteiger partial charge on any atom is -0.337 e. The van der Waals surface area contributed by atoms with Crippen molar-refractivity contribution in [3.05, 3.63) is 41.7 Å². The number of carbonyl (C=O) groups is 1. The highest BCUT2D eigenvalue weighted by Crippen LogP contribution is 2.26. The van der Waals surface area contributed by atoms with Gasteiger partial charge in [-0.15, -0.1) is 0 Å². The lowest BCUT2D eigenvalue weighted by molar-refractivity contribution is 0.0776. The van der Waals surface area contributed by atoms with Crippen molar-refractivity contribution < 1.29 is 4.79 Å². The molecule has 1 fully saturated rings. The Balaban J connectivity index is 1.75. The molecule has 1 aliphatic rings. The largest absolute Gasteiger partial charge is 0.337 e. The van der Waals surface area contributed by atoms with Gasteiger partial charge in [-0.3, -0.25) is 9.48 Å². The summed E-state index contributed by atoms with van der Waals surface area (Å²) in [4.78, 5) is 23.4. The number of nitrogens with zero attached hydrogens (tertiary/aromatic N) is 5. The van der Waals surface area contributed by atoms with E-state index < -0.39 is 0 Å². The molecule has 0 aromatic carbocycles. The molecule has 2 aromatic heterocycles. The molecule has 6 nitrogen and oxygen atoms in total. The number of hydrogen-bond donors (Lipinski definition) is 0. The van der Waals surface area contributed by atoms with Crippen LogP contribution < -0.4 is 0 Å². The van der Waals surface area contributed by atoms with Crippen molar-refractivity contribution in [3.8, 4) is 0 Å². The second kappa shape index (κ2) is 5.87. The van der Waals surface area contributed by atoms with Gasteiger partial charge in [-0.25, -0.2) is 9.97 Å². The maximum atomic E-state index is 12.7. The van der Waals surface area contributed by atoms with E-state index in [2.05, 4.69) is 15.1 Å². The van der Waals surface area contributed by atoms with Crippen LogP contribution in [0.4, 0.5) is 0 Å². The predicted octanol–water partition coefficient (Wildman–Crippen LogP) is 2.19. The lowest BCUT2D eigenvalue weighted by Crippen LogP contribution is -2.31. The Bertz CT molecular complexity index is 679. The number of aryl methyl sites for hydroxylation is 1. The van der Waals surface area contributed by atoms with Gasteiger partial charge in [0.2, 0.25) is 0 Å². The molecule has 1 amide bonds. The highest BCUT2D eigenvalue weighted by atomic mass is 16.2. The van der Waals surface area contributed by atoms with Crippen molar-refractivity contribution in [1.29, 1.82) is 0 Å². The van der Waals surface area contributed by atoms with E-state index in [9.17, 15) is 4.79 Å². The zero-order valence-electron chi connectivity index (χ0n) is 13.2. The number of aromatic nitrogens is 4. The summed E-state index contributed by atoms with van der Waals surface area (Å²) >= 11 is 0. The molecule has 0 N–H and O–H groups in total. The molecule has 3 heterocycles. The summed E-state index contributed by atoms with van der Waals surface area (Å²) in [6.07, 6.45) is 4.38. The fourth-order valence-electron chi connectivity index (χ4n) is 2.88. The molecular weight excluding hydrogens is 278 g/mol. The lowest BCUT2D eigenvalue weighted by Gasteiger charge is -2.18. The number of carbonyl (C=O) groups excluding carboxylic acids is 1. The van der Waals surface area contributed by atoms with E-state index in [4.69, 9.17) is 0 Å². The van der Waals surface area contributed by atoms with Crippen LogP contribution in [0.5, 0.6) is 0 Å². The van der Waals surface area contributed by atoms with Crippen molar-refractivity contribution >= 4 is 5.91 Å². The van der Waals surface area contributed by atoms with Crippen LogP contribution >= 0.6 is 0 Å². The Morgan fingerprint density at radius 1 is 1.32 bits per heavy atom. The molecule has 0 spiro atoms. The maximum absolute atomic E-state index is 12.7. The van der Waals surface area contributed by atoms with Gasteiger partial charge in [0, 0.05) is 43.1 Å². The summed E-state index contributed by atoms with van der Waals surface area (Å²) in [5.41, 5.74) is 1.62. The molecule has 1 unspecified atom stereocenters. The summed E-state index contributed by atoms with van der Waals surface area (Å²) < 4.78 is 1.78. The van der Waals surface area contributed by atoms with Gasteiger partial charge in [-0.2, -0.15) is 5.10 Å². The summed E-state index contributed by atoms with van der Waals surface area (Å²) in [7, 11) is 0. The fourth-order valence-corrected chi connectivity index (χ4v) is 2.88. The van der Waals surface area contributed by atoms with Gasteiger partial charge >= 0.3 is 0 Å². The summed E-state index contributed by atoms with van der Waals surface area (Å²) in [6, 6.07) is 3.86. The maximum Gasteiger partial charge on any atom is 0.272 e. The van der Waals surface area contributed by atoms with Crippen LogP contribution in [0.15, 0.2) is 24.5 Å². The third-order valence-corrected chi connectivity index (χ3v) is 4.03. The third kappa shape index (κ3) is 2.73. The molecule has 1 atom stereocenters. The average Bonchev–Trinajstić information content (AvgIpc) is 3.16. The SMILES string of the molecule is Cc1ccnc(C2CCN(C(=O)c3ccnn3C(C)C)C2)n1. The Labute approximate surface area is 130 Å². The fraction of sp³-hybridized carbons (Fsp3) is 0.500. The van der Waals surface area contributed by atoms with Crippen LogP contribution in [0, 0.1) is 6.92 Å². The molecule has 0 aliphatic carbocycles. The van der Waals surface area contributed by atoms with E-state index >= 15 is 0 Å². The summed E-state index contributed by atoms with van der Waals surface area (Å²) in [5, 5.41) is 4.24. The third-order valence-electron chi connectivity index (χ3n) is 4.03. The Morgan fingerprint density at radius 2 is 2.14 bits per heavy atom. The minimum absolute atomic E-state index is 0.0429. The zero-order valence-corrected chi connectivity index (χ0v) is 13.2. The number of likely N-dealkylation sites (tertiary alicyclic amines) is 1. The quantitative estimate of drug-likeness (QED) is 0.871. The molecular formula is C16H21N5O. The average molecular weight is 299 g/mol. The van der Waals surface area contributed by atoms with E-state index in [0.717, 1.165) is 24.5 Å². The van der Waals surface area contributed by atoms with E-state index in [1.54, 1.807) is 23.1 Å². The summed E-state index contributed by atoms with van der Waals surface area (Å²) in [6.45, 7) is 7.42. The van der Waals surface area contributed by atoms with Gasteiger partial charge < -0.3 is 4.90 Å². The first-order valence-electron chi connectivity index (χ1n) is 7.68. The van der Waals surface area contributed by atoms with Crippen molar-refractivity contribution in [2.75, 3.05) is 13.1 Å². The zero-order chi connectivity index (χ0) is 15.7. The Morgan fingerprint density at radius 3 is 2.86 bits per heavy atom. The Kier molecular flexibility index (Phi) is 3.92. The number of rotatable bonds is 3. The van der Waals surface area contributed by atoms with Crippen LogP contribution in [-0.2, 0) is 0 Å². The minimum atomic E-state index is 0.0429. The predicted molar refractivity (Wildman–Crippen MR) is 82.6 cm³/mol. The smallest absolute Gasteiger partial charge is 0.272 e. The van der Waals surface area contributed by atoms with Crippen molar-refractivity contribution in [2.45, 2.75) is 39.2 Å². The molecule has 6 heteroatoms. The van der Waals surface area contributed by atoms with Crippen LogP contribution in [0.1, 0.15) is 54.2 Å². The molecule has 0 bridgehead atoms. The monoisotopic (exact) mass is 299 g/mol. The molecule has 116 valence electrons. The molecule has 2 aromatic rings. The molecule has 1 saturated heterocycles. The van der Waals surface area contributed by atoms with Crippen molar-refractivity contribution in [3.63, 3.8) is 0 Å². The first-order valence-corrected chi connectivity index (χ1v) is 7.68. The van der Waals surface area contributed by atoms with Crippen molar-refractivity contribution in [1.82, 2.24) is 24.6 Å². The van der Waals surface area contributed by atoms with Gasteiger partial charge in [-0.05, 0) is 39.3 Å². The van der Waals surface area contributed by atoms with Crippen LogP contribution in [0.25, 0.3) is 0 Å². The Hall–Kier alpha value is -2.24. The van der Waals surface area contributed by atoms with Gasteiger partial charge in [0.25, 0.3) is 5.91 Å². The molecule has 0 saturated carbocycles. The number of hydrogen-bond acceptors (Lipinski definition) is 4. The van der Waals surface area contributed by atoms with Crippen LogP contribution in [0.2, 0.25) is 0 Å². The summed E-state index contributed by atoms with van der Waals surface area (Å²) in [5.74, 6) is 1.10. The van der Waals surface area contributed by atoms with E-state index in [1.165, 1.54) is 0 Å². The standard InChI is InChI=1S/C16H21N5O/c1-11(2)21-14(5-8-18-21)16(22)20-9-6-13(10-20)15-17-7-4-12(3)19-15/h4-5,7-8,11,13H,6,9-10H2,1-3H3. The topological polar surface area (TPSA) is 63.9 Å². The van der Waals surface area contributed by atoms with Gasteiger partial charge in [0.15, 0.2) is 0 Å². The van der Waals surface area contributed by atoms with Gasteiger partial charge in [0.05, 0.1) is 0 Å². The van der Waals surface area contributed by atoms with E-state index in [0.29, 0.717) is 12.2 Å². The van der Waals surface area contributed by atoms with E-state index in [1.807, 2.05) is 31.7 Å². The molecule has 22 heavy (non-hydrogen) atoms. The second-order valence-corrected chi connectivity index (χ2v) is 6.05. The normalized spacial score (nSPS) is 18.2. The van der Waals surface area contributed by atoms with Crippen molar-refractivity contribution in [2.24, 2.45) is 0 Å². The van der Waals surface area contributed by atoms with Crippen LogP contribution in [0.3, 0.4) is 0 Å². The second-order valence-electron chi connectivity index (χ2n) is 6.05. The highest BCUT2D eigenvalue weighted by Gasteiger charge is 2.31. The molecule has 0 radical (unpaired) electrons. The van der Waals surface area contributed by atoms with Gasteiger partial charge in [0.1, 0.15) is 11.5 Å². The highest BCUT2D eigenvalue weighted by molar-refractivity contribution is 5.92. The van der Waals surface area contributed by atoms with Gasteiger partial charge in [-0.1, -0.05) is 0 Å². The molecule has 3 rings (SSSR count).